The summed E-state index contributed by atoms with van der Waals surface area (Å²) in [6.07, 6.45) is 0.828. The Hall–Kier alpha value is -1.40. The molecule has 1 unspecified atom stereocenters. The van der Waals surface area contributed by atoms with Crippen LogP contribution in [0.3, 0.4) is 0 Å². The van der Waals surface area contributed by atoms with Crippen LogP contribution in [0.15, 0.2) is 11.0 Å². The second kappa shape index (κ2) is 6.15. The molecule has 0 bridgehead atoms. The van der Waals surface area contributed by atoms with Crippen molar-refractivity contribution in [3.63, 3.8) is 0 Å². The number of carbonyl (C=O) groups excluding carboxylic acids is 1. The molecule has 0 spiro atoms. The van der Waals surface area contributed by atoms with Gasteiger partial charge < -0.3 is 4.90 Å². The van der Waals surface area contributed by atoms with E-state index >= 15 is 0 Å². The minimum Gasteiger partial charge on any atom is -0.339 e. The van der Waals surface area contributed by atoms with Gasteiger partial charge in [-0.05, 0) is 50.8 Å². The average molecular weight is 312 g/mol. The van der Waals surface area contributed by atoms with Crippen molar-refractivity contribution in [1.82, 2.24) is 4.90 Å². The number of hydrogen-bond acceptors (Lipinski definition) is 3. The van der Waals surface area contributed by atoms with Gasteiger partial charge in [-0.3, -0.25) is 4.79 Å². The molecular weight excluding hydrogens is 288 g/mol. The molecule has 0 aliphatic heterocycles. The molecule has 1 amide bonds. The highest BCUT2D eigenvalue weighted by atomic mass is 32.2. The second-order valence-corrected chi connectivity index (χ2v) is 7.06. The van der Waals surface area contributed by atoms with E-state index < -0.39 is 10.0 Å². The molecule has 0 saturated carbocycles. The Kier molecular flexibility index (Phi) is 5.17. The van der Waals surface area contributed by atoms with E-state index in [1.54, 1.807) is 31.9 Å². The summed E-state index contributed by atoms with van der Waals surface area (Å²) in [5.41, 5.74) is 2.18. The van der Waals surface area contributed by atoms with Crippen LogP contribution in [0.2, 0.25) is 0 Å². The van der Waals surface area contributed by atoms with Crippen molar-refractivity contribution in [2.45, 2.75) is 52.0 Å². The van der Waals surface area contributed by atoms with Crippen LogP contribution in [0.4, 0.5) is 0 Å². The number of nitrogens with two attached hydrogens (primary N) is 1. The van der Waals surface area contributed by atoms with E-state index in [0.717, 1.165) is 12.0 Å². The summed E-state index contributed by atoms with van der Waals surface area (Å²) in [7, 11) is -2.13. The highest BCUT2D eigenvalue weighted by Crippen LogP contribution is 2.27. The van der Waals surface area contributed by atoms with Crippen molar-refractivity contribution in [3.05, 3.63) is 28.3 Å². The minimum absolute atomic E-state index is 0.0500. The molecule has 118 valence electrons. The molecule has 0 heterocycles. The summed E-state index contributed by atoms with van der Waals surface area (Å²) < 4.78 is 23.5. The lowest BCUT2D eigenvalue weighted by molar-refractivity contribution is 0.0739. The van der Waals surface area contributed by atoms with Crippen molar-refractivity contribution in [2.75, 3.05) is 7.05 Å². The zero-order valence-electron chi connectivity index (χ0n) is 13.5. The summed E-state index contributed by atoms with van der Waals surface area (Å²) in [6, 6.07) is 1.78. The zero-order valence-corrected chi connectivity index (χ0v) is 14.3. The van der Waals surface area contributed by atoms with E-state index in [0.29, 0.717) is 16.7 Å². The van der Waals surface area contributed by atoms with Crippen LogP contribution >= 0.6 is 0 Å². The van der Waals surface area contributed by atoms with Crippen molar-refractivity contribution in [3.8, 4) is 0 Å². The lowest BCUT2D eigenvalue weighted by atomic mass is 9.98. The monoisotopic (exact) mass is 312 g/mol. The van der Waals surface area contributed by atoms with Gasteiger partial charge in [0.05, 0.1) is 4.90 Å². The number of hydrogen-bond donors (Lipinski definition) is 1. The molecule has 1 aromatic carbocycles. The van der Waals surface area contributed by atoms with Gasteiger partial charge in [-0.25, -0.2) is 13.6 Å². The van der Waals surface area contributed by atoms with E-state index in [2.05, 4.69) is 0 Å². The minimum atomic E-state index is -3.86. The van der Waals surface area contributed by atoms with Gasteiger partial charge in [0.25, 0.3) is 5.91 Å². The van der Waals surface area contributed by atoms with Gasteiger partial charge in [0, 0.05) is 18.7 Å². The molecule has 0 saturated heterocycles. The predicted octanol–water partition coefficient (Wildman–Crippen LogP) is 2.13. The zero-order chi connectivity index (χ0) is 16.5. The van der Waals surface area contributed by atoms with Crippen molar-refractivity contribution in [2.24, 2.45) is 5.14 Å². The third-order valence-corrected chi connectivity index (χ3v) is 5.17. The molecule has 0 aliphatic rings. The Balaban J connectivity index is 3.55. The van der Waals surface area contributed by atoms with E-state index in [-0.39, 0.29) is 16.8 Å². The summed E-state index contributed by atoms with van der Waals surface area (Å²) in [4.78, 5) is 14.4. The molecule has 1 rings (SSSR count). The van der Waals surface area contributed by atoms with Gasteiger partial charge in [0.15, 0.2) is 0 Å². The fourth-order valence-corrected chi connectivity index (χ4v) is 3.62. The van der Waals surface area contributed by atoms with Crippen LogP contribution in [0.25, 0.3) is 0 Å². The molecule has 21 heavy (non-hydrogen) atoms. The molecular formula is C15H24N2O3S. The SMILES string of the molecule is CCC(C)N(C)C(=O)c1c(C)cc(C)c(S(N)(=O)=O)c1C. The lowest BCUT2D eigenvalue weighted by Crippen LogP contribution is -2.35. The Morgan fingerprint density at radius 3 is 2.24 bits per heavy atom. The van der Waals surface area contributed by atoms with Crippen LogP contribution in [0.5, 0.6) is 0 Å². The first-order valence-electron chi connectivity index (χ1n) is 6.93. The molecule has 1 aromatic rings. The van der Waals surface area contributed by atoms with Gasteiger partial charge in [0.2, 0.25) is 10.0 Å². The highest BCUT2D eigenvalue weighted by molar-refractivity contribution is 7.89. The molecule has 2 N–H and O–H groups in total. The van der Waals surface area contributed by atoms with Gasteiger partial charge in [-0.15, -0.1) is 0 Å². The number of sulfonamides is 1. The maximum Gasteiger partial charge on any atom is 0.254 e. The molecule has 0 fully saturated rings. The molecule has 5 nitrogen and oxygen atoms in total. The number of nitrogens with zero attached hydrogens (tertiary/aromatic N) is 1. The average Bonchev–Trinajstić information content (AvgIpc) is 2.34. The highest BCUT2D eigenvalue weighted by Gasteiger charge is 2.25. The Labute approximate surface area is 127 Å². The Morgan fingerprint density at radius 1 is 1.29 bits per heavy atom. The van der Waals surface area contributed by atoms with Crippen LogP contribution in [-0.4, -0.2) is 32.3 Å². The quantitative estimate of drug-likeness (QED) is 0.924. The maximum atomic E-state index is 12.7. The van der Waals surface area contributed by atoms with E-state index in [4.69, 9.17) is 5.14 Å². The van der Waals surface area contributed by atoms with Gasteiger partial charge in [0.1, 0.15) is 0 Å². The summed E-state index contributed by atoms with van der Waals surface area (Å²) >= 11 is 0. The van der Waals surface area contributed by atoms with Gasteiger partial charge >= 0.3 is 0 Å². The first-order chi connectivity index (χ1) is 9.52. The van der Waals surface area contributed by atoms with Crippen LogP contribution in [0.1, 0.15) is 47.3 Å². The fourth-order valence-electron chi connectivity index (χ4n) is 2.58. The van der Waals surface area contributed by atoms with Crippen LogP contribution < -0.4 is 5.14 Å². The molecule has 1 atom stereocenters. The smallest absolute Gasteiger partial charge is 0.254 e. The fraction of sp³-hybridized carbons (Fsp3) is 0.533. The largest absolute Gasteiger partial charge is 0.339 e. The molecule has 0 aliphatic carbocycles. The van der Waals surface area contributed by atoms with Crippen molar-refractivity contribution >= 4 is 15.9 Å². The van der Waals surface area contributed by atoms with Crippen molar-refractivity contribution in [1.29, 1.82) is 0 Å². The first kappa shape index (κ1) is 17.7. The lowest BCUT2D eigenvalue weighted by Gasteiger charge is -2.26. The first-order valence-corrected chi connectivity index (χ1v) is 8.47. The number of aryl methyl sites for hydroxylation is 2. The summed E-state index contributed by atoms with van der Waals surface area (Å²) in [6.45, 7) is 9.09. The van der Waals surface area contributed by atoms with Gasteiger partial charge in [-0.1, -0.05) is 13.0 Å². The molecule has 0 aromatic heterocycles. The van der Waals surface area contributed by atoms with E-state index in [1.807, 2.05) is 20.8 Å². The van der Waals surface area contributed by atoms with Crippen LogP contribution in [0, 0.1) is 20.8 Å². The number of rotatable bonds is 4. The van der Waals surface area contributed by atoms with Crippen molar-refractivity contribution < 1.29 is 13.2 Å². The van der Waals surface area contributed by atoms with E-state index in [1.165, 1.54) is 0 Å². The standard InChI is InChI=1S/C15H24N2O3S/c1-7-11(4)17(6)15(18)13-9(2)8-10(3)14(12(13)5)21(16,19)20/h8,11H,7H2,1-6H3,(H2,16,19,20). The third-order valence-electron chi connectivity index (χ3n) is 3.97. The Morgan fingerprint density at radius 2 is 1.81 bits per heavy atom. The summed E-state index contributed by atoms with van der Waals surface area (Å²) in [5.74, 6) is -0.177. The molecule has 0 radical (unpaired) electrons. The van der Waals surface area contributed by atoms with Crippen LogP contribution in [-0.2, 0) is 10.0 Å². The molecule has 6 heteroatoms. The number of carbonyl (C=O) groups is 1. The third kappa shape index (κ3) is 3.44. The normalized spacial score (nSPS) is 13.1. The topological polar surface area (TPSA) is 80.5 Å². The summed E-state index contributed by atoms with van der Waals surface area (Å²) in [5, 5.41) is 5.29. The number of amides is 1. The predicted molar refractivity (Wildman–Crippen MR) is 83.9 cm³/mol. The Bertz CT molecular complexity index is 666. The maximum absolute atomic E-state index is 12.7. The second-order valence-electron chi connectivity index (χ2n) is 5.56. The van der Waals surface area contributed by atoms with Gasteiger partial charge in [-0.2, -0.15) is 0 Å². The number of primary sulfonamides is 1. The van der Waals surface area contributed by atoms with E-state index in [9.17, 15) is 13.2 Å². The number of benzene rings is 1.